The summed E-state index contributed by atoms with van der Waals surface area (Å²) >= 11 is 0. The smallest absolute Gasteiger partial charge is 0.231 e. The summed E-state index contributed by atoms with van der Waals surface area (Å²) in [5.41, 5.74) is 0.361. The number of methoxy groups -OCH3 is 1. The fourth-order valence-electron chi connectivity index (χ4n) is 2.77. The highest BCUT2D eigenvalue weighted by atomic mass is 19.2. The molecule has 2 heterocycles. The normalized spacial score (nSPS) is 11.4. The number of benzene rings is 1. The largest absolute Gasteiger partial charge is 0.491 e. The van der Waals surface area contributed by atoms with Gasteiger partial charge < -0.3 is 14.4 Å². The summed E-state index contributed by atoms with van der Waals surface area (Å²) in [6.07, 6.45) is 3.16. The average molecular weight is 394 g/mol. The molecule has 0 saturated carbocycles. The van der Waals surface area contributed by atoms with E-state index in [1.807, 2.05) is 14.1 Å². The number of halogens is 3. The van der Waals surface area contributed by atoms with Crippen LogP contribution in [-0.4, -0.2) is 53.9 Å². The lowest BCUT2D eigenvalue weighted by molar-refractivity contribution is 0.280. The van der Waals surface area contributed by atoms with Crippen LogP contribution in [-0.2, 0) is 0 Å². The predicted octanol–water partition coefficient (Wildman–Crippen LogP) is 3.54. The van der Waals surface area contributed by atoms with Crippen LogP contribution in [0.15, 0.2) is 24.4 Å². The van der Waals surface area contributed by atoms with Gasteiger partial charge in [-0.15, -0.1) is 5.10 Å². The molecule has 3 rings (SSSR count). The molecule has 0 amide bonds. The number of hydrogen-bond acceptors (Lipinski definition) is 5. The monoisotopic (exact) mass is 394 g/mol. The molecule has 0 aliphatic rings. The van der Waals surface area contributed by atoms with Crippen LogP contribution in [0.25, 0.3) is 16.9 Å². The van der Waals surface area contributed by atoms with E-state index in [0.717, 1.165) is 32.6 Å². The lowest BCUT2D eigenvalue weighted by Gasteiger charge is -2.11. The van der Waals surface area contributed by atoms with Crippen molar-refractivity contribution in [1.29, 1.82) is 0 Å². The Morgan fingerprint density at radius 1 is 1.11 bits per heavy atom. The molecule has 0 spiro atoms. The van der Waals surface area contributed by atoms with Crippen LogP contribution < -0.4 is 9.47 Å². The average Bonchev–Trinajstić information content (AvgIpc) is 3.08. The van der Waals surface area contributed by atoms with Crippen LogP contribution in [0, 0.1) is 17.5 Å². The number of aromatic nitrogens is 3. The Labute approximate surface area is 160 Å². The Hall–Kier alpha value is -2.81. The van der Waals surface area contributed by atoms with E-state index in [1.165, 1.54) is 10.7 Å². The fourth-order valence-corrected chi connectivity index (χ4v) is 2.77. The molecule has 0 unspecified atom stereocenters. The van der Waals surface area contributed by atoms with Crippen LogP contribution in [0.1, 0.15) is 12.8 Å². The lowest BCUT2D eigenvalue weighted by Crippen LogP contribution is -2.14. The molecular weight excluding hydrogens is 373 g/mol. The van der Waals surface area contributed by atoms with Crippen LogP contribution in [0.4, 0.5) is 13.2 Å². The number of hydrogen-bond donors (Lipinski definition) is 0. The molecule has 28 heavy (non-hydrogen) atoms. The van der Waals surface area contributed by atoms with E-state index in [0.29, 0.717) is 18.1 Å². The van der Waals surface area contributed by atoms with Crippen molar-refractivity contribution >= 4 is 5.65 Å². The molecule has 0 atom stereocenters. The first kappa shape index (κ1) is 19.9. The molecule has 0 radical (unpaired) electrons. The van der Waals surface area contributed by atoms with Crippen molar-refractivity contribution in [2.75, 3.05) is 34.4 Å². The zero-order valence-corrected chi connectivity index (χ0v) is 15.9. The lowest BCUT2D eigenvalue weighted by atomic mass is 10.1. The number of rotatable bonds is 8. The first-order valence-electron chi connectivity index (χ1n) is 8.76. The molecule has 0 N–H and O–H groups in total. The van der Waals surface area contributed by atoms with Crippen molar-refractivity contribution in [2.24, 2.45) is 0 Å². The van der Waals surface area contributed by atoms with Gasteiger partial charge in [0.2, 0.25) is 11.7 Å². The van der Waals surface area contributed by atoms with Crippen LogP contribution in [0.2, 0.25) is 0 Å². The van der Waals surface area contributed by atoms with E-state index >= 15 is 0 Å². The predicted molar refractivity (Wildman–Crippen MR) is 98.1 cm³/mol. The Morgan fingerprint density at radius 3 is 2.61 bits per heavy atom. The summed E-state index contributed by atoms with van der Waals surface area (Å²) < 4.78 is 53.8. The minimum Gasteiger partial charge on any atom is -0.491 e. The van der Waals surface area contributed by atoms with Crippen LogP contribution in [0.3, 0.4) is 0 Å². The van der Waals surface area contributed by atoms with Crippen molar-refractivity contribution in [1.82, 2.24) is 19.5 Å². The second-order valence-electron chi connectivity index (χ2n) is 6.51. The van der Waals surface area contributed by atoms with Gasteiger partial charge in [-0.1, -0.05) is 0 Å². The van der Waals surface area contributed by atoms with Gasteiger partial charge in [-0.25, -0.2) is 18.3 Å². The summed E-state index contributed by atoms with van der Waals surface area (Å²) in [4.78, 5) is 6.22. The SMILES string of the molecule is COc1c(F)c(F)cc(-c2cnc3ccc(OCCCCN(C)C)nn23)c1F. The minimum atomic E-state index is -1.38. The molecule has 0 fully saturated rings. The van der Waals surface area contributed by atoms with Gasteiger partial charge in [0.15, 0.2) is 23.0 Å². The molecule has 150 valence electrons. The molecule has 0 saturated heterocycles. The van der Waals surface area contributed by atoms with E-state index in [-0.39, 0.29) is 11.3 Å². The van der Waals surface area contributed by atoms with Gasteiger partial charge >= 0.3 is 0 Å². The fraction of sp³-hybridized carbons (Fsp3) is 0.368. The van der Waals surface area contributed by atoms with E-state index in [1.54, 1.807) is 12.1 Å². The second-order valence-corrected chi connectivity index (χ2v) is 6.51. The molecule has 0 aliphatic carbocycles. The van der Waals surface area contributed by atoms with Crippen LogP contribution in [0.5, 0.6) is 11.6 Å². The number of imidazole rings is 1. The minimum absolute atomic E-state index is 0.155. The number of unbranched alkanes of at least 4 members (excludes halogenated alkanes) is 1. The van der Waals surface area contributed by atoms with Crippen molar-refractivity contribution in [3.8, 4) is 22.9 Å². The van der Waals surface area contributed by atoms with Crippen molar-refractivity contribution in [3.05, 3.63) is 41.8 Å². The Morgan fingerprint density at radius 2 is 1.89 bits per heavy atom. The molecule has 1 aromatic carbocycles. The van der Waals surface area contributed by atoms with Crippen molar-refractivity contribution in [2.45, 2.75) is 12.8 Å². The van der Waals surface area contributed by atoms with Crippen molar-refractivity contribution in [3.63, 3.8) is 0 Å². The molecule has 3 aromatic rings. The van der Waals surface area contributed by atoms with Gasteiger partial charge in [-0.05, 0) is 45.6 Å². The molecule has 6 nitrogen and oxygen atoms in total. The first-order valence-corrected chi connectivity index (χ1v) is 8.76. The maximum absolute atomic E-state index is 14.6. The topological polar surface area (TPSA) is 51.9 Å². The molecular formula is C19H21F3N4O2. The maximum atomic E-state index is 14.6. The second kappa shape index (κ2) is 8.47. The first-order chi connectivity index (χ1) is 13.4. The third-order valence-corrected chi connectivity index (χ3v) is 4.18. The summed E-state index contributed by atoms with van der Waals surface area (Å²) in [5, 5.41) is 4.29. The van der Waals surface area contributed by atoms with Gasteiger partial charge in [-0.2, -0.15) is 4.39 Å². The maximum Gasteiger partial charge on any atom is 0.231 e. The highest BCUT2D eigenvalue weighted by Crippen LogP contribution is 2.33. The van der Waals surface area contributed by atoms with E-state index in [2.05, 4.69) is 19.7 Å². The van der Waals surface area contributed by atoms with Gasteiger partial charge in [0, 0.05) is 11.6 Å². The molecule has 0 aliphatic heterocycles. The summed E-state index contributed by atoms with van der Waals surface area (Å²) in [6.45, 7) is 1.43. The van der Waals surface area contributed by atoms with Gasteiger partial charge in [-0.3, -0.25) is 0 Å². The van der Waals surface area contributed by atoms with E-state index < -0.39 is 23.2 Å². The van der Waals surface area contributed by atoms with E-state index in [4.69, 9.17) is 4.74 Å². The zero-order chi connectivity index (χ0) is 20.3. The number of fused-ring (bicyclic) bond motifs is 1. The van der Waals surface area contributed by atoms with Gasteiger partial charge in [0.05, 0.1) is 25.6 Å². The van der Waals surface area contributed by atoms with Crippen molar-refractivity contribution < 1.29 is 22.6 Å². The quantitative estimate of drug-likeness (QED) is 0.432. The summed E-state index contributed by atoms with van der Waals surface area (Å²) in [7, 11) is 5.08. The Kier molecular flexibility index (Phi) is 6.03. The number of nitrogens with zero attached hydrogens (tertiary/aromatic N) is 4. The number of ether oxygens (including phenoxy) is 2. The Balaban J connectivity index is 1.88. The standard InChI is InChI=1S/C19H21F3N4O2/c1-25(2)8-4-5-9-28-16-7-6-15-23-11-14(26(15)24-16)12-10-13(20)18(22)19(27-3)17(12)21/h6-7,10-11H,4-5,8-9H2,1-3H3. The third-order valence-electron chi connectivity index (χ3n) is 4.18. The van der Waals surface area contributed by atoms with Crippen LogP contribution >= 0.6 is 0 Å². The highest BCUT2D eigenvalue weighted by Gasteiger charge is 2.23. The van der Waals surface area contributed by atoms with E-state index in [9.17, 15) is 13.2 Å². The molecule has 2 aromatic heterocycles. The zero-order valence-electron chi connectivity index (χ0n) is 15.9. The van der Waals surface area contributed by atoms with Gasteiger partial charge in [0.1, 0.15) is 0 Å². The summed E-state index contributed by atoms with van der Waals surface area (Å²) in [6, 6.07) is 4.06. The summed E-state index contributed by atoms with van der Waals surface area (Å²) in [5.74, 6) is -4.10. The van der Waals surface area contributed by atoms with Gasteiger partial charge in [0.25, 0.3) is 0 Å². The highest BCUT2D eigenvalue weighted by molar-refractivity contribution is 5.66. The third kappa shape index (κ3) is 4.04. The molecule has 9 heteroatoms. The Bertz CT molecular complexity index is 975. The molecule has 0 bridgehead atoms.